The van der Waals surface area contributed by atoms with Gasteiger partial charge < -0.3 is 10.6 Å². The monoisotopic (exact) mass is 205 g/mol. The average Bonchev–Trinajstić information content (AvgIpc) is 2.27. The number of hydrogen-bond acceptors (Lipinski definition) is 2. The fourth-order valence-corrected chi connectivity index (χ4v) is 1.06. The summed E-state index contributed by atoms with van der Waals surface area (Å²) in [7, 11) is 0. The van der Waals surface area contributed by atoms with Crippen LogP contribution in [0.4, 0.5) is 4.79 Å². The molecule has 0 bridgehead atoms. The second-order valence-corrected chi connectivity index (χ2v) is 3.15. The van der Waals surface area contributed by atoms with Gasteiger partial charge in [-0.15, -0.1) is 0 Å². The smallest absolute Gasteiger partial charge is 0.315 e. The normalized spacial score (nSPS) is 11.5. The maximum atomic E-state index is 11.2. The SMILES string of the molecule is CC([C]=O)NC(=O)NCc1ccccc1. The molecule has 0 aromatic heterocycles. The van der Waals surface area contributed by atoms with E-state index in [2.05, 4.69) is 10.6 Å². The zero-order valence-corrected chi connectivity index (χ0v) is 8.49. The molecule has 1 aromatic carbocycles. The fraction of sp³-hybridized carbons (Fsp3) is 0.273. The lowest BCUT2D eigenvalue weighted by Crippen LogP contribution is -2.41. The number of rotatable bonds is 4. The van der Waals surface area contributed by atoms with Gasteiger partial charge in [-0.25, -0.2) is 4.79 Å². The second kappa shape index (κ2) is 5.80. The van der Waals surface area contributed by atoms with E-state index in [1.807, 2.05) is 30.3 Å². The van der Waals surface area contributed by atoms with Gasteiger partial charge in [0.1, 0.15) is 0 Å². The molecule has 0 spiro atoms. The fourth-order valence-electron chi connectivity index (χ4n) is 1.06. The number of nitrogens with one attached hydrogen (secondary N) is 2. The quantitative estimate of drug-likeness (QED) is 0.770. The Bertz CT molecular complexity index is 325. The lowest BCUT2D eigenvalue weighted by molar-refractivity contribution is 0.239. The number of amides is 2. The van der Waals surface area contributed by atoms with Gasteiger partial charge in [-0.2, -0.15) is 0 Å². The molecule has 2 amide bonds. The van der Waals surface area contributed by atoms with Crippen LogP contribution in [0, 0.1) is 0 Å². The van der Waals surface area contributed by atoms with Crippen molar-refractivity contribution in [2.45, 2.75) is 19.5 Å². The maximum absolute atomic E-state index is 11.2. The molecular formula is C11H13N2O2. The first-order chi connectivity index (χ1) is 7.22. The van der Waals surface area contributed by atoms with Crippen molar-refractivity contribution in [3.63, 3.8) is 0 Å². The lowest BCUT2D eigenvalue weighted by Gasteiger charge is -2.08. The molecule has 79 valence electrons. The highest BCUT2D eigenvalue weighted by atomic mass is 16.2. The molecule has 4 nitrogen and oxygen atoms in total. The van der Waals surface area contributed by atoms with Crippen molar-refractivity contribution in [1.29, 1.82) is 0 Å². The molecule has 1 radical (unpaired) electrons. The molecule has 4 heteroatoms. The molecule has 1 rings (SSSR count). The van der Waals surface area contributed by atoms with E-state index in [9.17, 15) is 9.59 Å². The summed E-state index contributed by atoms with van der Waals surface area (Å²) in [5, 5.41) is 5.06. The summed E-state index contributed by atoms with van der Waals surface area (Å²) in [6.45, 7) is 2.01. The van der Waals surface area contributed by atoms with Gasteiger partial charge in [0, 0.05) is 6.54 Å². The van der Waals surface area contributed by atoms with Crippen LogP contribution >= 0.6 is 0 Å². The first kappa shape index (κ1) is 11.2. The van der Waals surface area contributed by atoms with Crippen molar-refractivity contribution >= 4 is 12.3 Å². The number of hydrogen-bond donors (Lipinski definition) is 2. The van der Waals surface area contributed by atoms with E-state index in [0.29, 0.717) is 6.54 Å². The Morgan fingerprint density at radius 2 is 2.07 bits per heavy atom. The first-order valence-corrected chi connectivity index (χ1v) is 4.68. The first-order valence-electron chi connectivity index (χ1n) is 4.68. The minimum Gasteiger partial charge on any atom is -0.334 e. The topological polar surface area (TPSA) is 58.2 Å². The van der Waals surface area contributed by atoms with Crippen molar-refractivity contribution in [3.8, 4) is 0 Å². The molecular weight excluding hydrogens is 192 g/mol. The lowest BCUT2D eigenvalue weighted by atomic mass is 10.2. The highest BCUT2D eigenvalue weighted by molar-refractivity contribution is 5.77. The Hall–Kier alpha value is -1.84. The van der Waals surface area contributed by atoms with Gasteiger partial charge >= 0.3 is 6.03 Å². The molecule has 1 aromatic rings. The Balaban J connectivity index is 2.31. The van der Waals surface area contributed by atoms with Crippen LogP contribution in [0.2, 0.25) is 0 Å². The number of carbonyl (C=O) groups excluding carboxylic acids is 2. The molecule has 1 atom stereocenters. The van der Waals surface area contributed by atoms with Gasteiger partial charge in [0.2, 0.25) is 6.29 Å². The predicted molar refractivity (Wildman–Crippen MR) is 57.0 cm³/mol. The third kappa shape index (κ3) is 4.26. The van der Waals surface area contributed by atoms with Crippen molar-refractivity contribution in [1.82, 2.24) is 10.6 Å². The minimum absolute atomic E-state index is 0.366. The Labute approximate surface area is 88.7 Å². The number of urea groups is 1. The van der Waals surface area contributed by atoms with E-state index in [-0.39, 0.29) is 6.03 Å². The van der Waals surface area contributed by atoms with Crippen molar-refractivity contribution in [2.24, 2.45) is 0 Å². The van der Waals surface area contributed by atoms with E-state index >= 15 is 0 Å². The Morgan fingerprint density at radius 3 is 2.67 bits per heavy atom. The van der Waals surface area contributed by atoms with Gasteiger partial charge in [0.05, 0.1) is 6.04 Å². The summed E-state index contributed by atoms with van der Waals surface area (Å²) in [5.74, 6) is 0. The van der Waals surface area contributed by atoms with Crippen LogP contribution < -0.4 is 10.6 Å². The van der Waals surface area contributed by atoms with Gasteiger partial charge in [-0.1, -0.05) is 30.3 Å². The van der Waals surface area contributed by atoms with Crippen LogP contribution in [0.1, 0.15) is 12.5 Å². The highest BCUT2D eigenvalue weighted by Crippen LogP contribution is 1.96. The minimum atomic E-state index is -0.583. The summed E-state index contributed by atoms with van der Waals surface area (Å²) >= 11 is 0. The van der Waals surface area contributed by atoms with Crippen LogP contribution in [0.3, 0.4) is 0 Å². The number of benzene rings is 1. The largest absolute Gasteiger partial charge is 0.334 e. The standard InChI is InChI=1S/C11H13N2O2/c1-9(8-14)13-11(15)12-7-10-5-3-2-4-6-10/h2-6,9H,7H2,1H3,(H2,12,13,15). The average molecular weight is 205 g/mol. The molecule has 0 saturated carbocycles. The Kier molecular flexibility index (Phi) is 4.34. The van der Waals surface area contributed by atoms with Gasteiger partial charge in [0.25, 0.3) is 0 Å². The van der Waals surface area contributed by atoms with E-state index in [1.165, 1.54) is 0 Å². The summed E-state index contributed by atoms with van der Waals surface area (Å²) in [5.41, 5.74) is 1.01. The summed E-state index contributed by atoms with van der Waals surface area (Å²) in [6, 6.07) is 8.58. The molecule has 0 aliphatic carbocycles. The molecule has 0 aliphatic heterocycles. The van der Waals surface area contributed by atoms with Gasteiger partial charge in [-0.3, -0.25) is 4.79 Å². The highest BCUT2D eigenvalue weighted by Gasteiger charge is 2.05. The predicted octanol–water partition coefficient (Wildman–Crippen LogP) is 0.984. The number of carbonyl (C=O) groups is 1. The molecule has 0 fully saturated rings. The van der Waals surface area contributed by atoms with Crippen LogP contribution in [-0.4, -0.2) is 18.4 Å². The summed E-state index contributed by atoms with van der Waals surface area (Å²) < 4.78 is 0. The maximum Gasteiger partial charge on any atom is 0.315 e. The molecule has 1 unspecified atom stereocenters. The summed E-state index contributed by atoms with van der Waals surface area (Å²) in [4.78, 5) is 21.3. The van der Waals surface area contributed by atoms with E-state index in [4.69, 9.17) is 0 Å². The van der Waals surface area contributed by atoms with Gasteiger partial charge in [-0.05, 0) is 12.5 Å². The van der Waals surface area contributed by atoms with Crippen LogP contribution in [-0.2, 0) is 11.3 Å². The molecule has 0 heterocycles. The van der Waals surface area contributed by atoms with Crippen molar-refractivity contribution < 1.29 is 9.59 Å². The van der Waals surface area contributed by atoms with E-state index in [1.54, 1.807) is 13.2 Å². The zero-order valence-electron chi connectivity index (χ0n) is 8.49. The van der Waals surface area contributed by atoms with Crippen molar-refractivity contribution in [3.05, 3.63) is 35.9 Å². The zero-order chi connectivity index (χ0) is 11.1. The molecule has 0 aliphatic rings. The van der Waals surface area contributed by atoms with Gasteiger partial charge in [0.15, 0.2) is 0 Å². The van der Waals surface area contributed by atoms with Crippen LogP contribution in [0.15, 0.2) is 30.3 Å². The summed E-state index contributed by atoms with van der Waals surface area (Å²) in [6.07, 6.45) is 1.67. The molecule has 2 N–H and O–H groups in total. The van der Waals surface area contributed by atoms with Crippen LogP contribution in [0.25, 0.3) is 0 Å². The van der Waals surface area contributed by atoms with E-state index < -0.39 is 6.04 Å². The third-order valence-electron chi connectivity index (χ3n) is 1.82. The second-order valence-electron chi connectivity index (χ2n) is 3.15. The van der Waals surface area contributed by atoms with E-state index in [0.717, 1.165) is 5.56 Å². The molecule has 15 heavy (non-hydrogen) atoms. The Morgan fingerprint density at radius 1 is 1.40 bits per heavy atom. The third-order valence-corrected chi connectivity index (χ3v) is 1.82. The van der Waals surface area contributed by atoms with Crippen LogP contribution in [0.5, 0.6) is 0 Å². The van der Waals surface area contributed by atoms with Crippen molar-refractivity contribution in [2.75, 3.05) is 0 Å². The molecule has 0 saturated heterocycles.